The number of carboxylic acids is 1. The van der Waals surface area contributed by atoms with Gasteiger partial charge in [-0.05, 0) is 30.5 Å². The van der Waals surface area contributed by atoms with Crippen LogP contribution >= 0.6 is 11.6 Å². The zero-order chi connectivity index (χ0) is 11.4. The highest BCUT2D eigenvalue weighted by Gasteiger charge is 2.09. The molecule has 0 atom stereocenters. The molecule has 82 valence electrons. The summed E-state index contributed by atoms with van der Waals surface area (Å²) in [5.41, 5.74) is 0.334. The van der Waals surface area contributed by atoms with Crippen molar-refractivity contribution in [3.8, 4) is 5.75 Å². The first-order valence-electron chi connectivity index (χ1n) is 4.39. The maximum atomic E-state index is 13.0. The summed E-state index contributed by atoms with van der Waals surface area (Å²) in [5, 5.41) is 17.9. The minimum Gasteiger partial charge on any atom is -0.505 e. The molecule has 0 radical (unpaired) electrons. The fourth-order valence-corrected chi connectivity index (χ4v) is 1.47. The van der Waals surface area contributed by atoms with Crippen molar-refractivity contribution in [3.63, 3.8) is 0 Å². The van der Waals surface area contributed by atoms with Crippen LogP contribution in [0.3, 0.4) is 0 Å². The lowest BCUT2D eigenvalue weighted by atomic mass is 10.1. The van der Waals surface area contributed by atoms with E-state index >= 15 is 0 Å². The molecule has 3 nitrogen and oxygen atoms in total. The van der Waals surface area contributed by atoms with Gasteiger partial charge in [-0.2, -0.15) is 0 Å². The minimum absolute atomic E-state index is 0.0203. The number of rotatable bonds is 4. The molecule has 0 saturated heterocycles. The highest BCUT2D eigenvalue weighted by atomic mass is 35.5. The second kappa shape index (κ2) is 4.98. The Morgan fingerprint density at radius 2 is 2.13 bits per heavy atom. The number of carboxylic acid groups (broad SMARTS) is 1. The van der Waals surface area contributed by atoms with E-state index in [4.69, 9.17) is 16.7 Å². The molecule has 0 aliphatic carbocycles. The van der Waals surface area contributed by atoms with Gasteiger partial charge in [0, 0.05) is 11.4 Å². The van der Waals surface area contributed by atoms with Crippen LogP contribution in [0.2, 0.25) is 5.02 Å². The van der Waals surface area contributed by atoms with Gasteiger partial charge < -0.3 is 10.2 Å². The summed E-state index contributed by atoms with van der Waals surface area (Å²) >= 11 is 5.60. The van der Waals surface area contributed by atoms with Gasteiger partial charge in [-0.3, -0.25) is 4.79 Å². The monoisotopic (exact) mass is 232 g/mol. The maximum Gasteiger partial charge on any atom is 0.303 e. The van der Waals surface area contributed by atoms with Crippen LogP contribution in [0.25, 0.3) is 0 Å². The molecule has 0 aliphatic rings. The number of carbonyl (C=O) groups is 1. The van der Waals surface area contributed by atoms with E-state index in [-0.39, 0.29) is 17.9 Å². The predicted octanol–water partition coefficient (Wildman–Crippen LogP) is 2.59. The Kier molecular flexibility index (Phi) is 3.91. The standard InChI is InChI=1S/C10H10ClFO3/c11-7-4-6(2-1-3-9(13)14)10(15)8(12)5-7/h4-5,15H,1-3H2,(H,13,14). The van der Waals surface area contributed by atoms with Crippen molar-refractivity contribution >= 4 is 17.6 Å². The van der Waals surface area contributed by atoms with Crippen LogP contribution in [-0.4, -0.2) is 16.2 Å². The predicted molar refractivity (Wildman–Crippen MR) is 53.6 cm³/mol. The second-order valence-electron chi connectivity index (χ2n) is 3.14. The lowest BCUT2D eigenvalue weighted by molar-refractivity contribution is -0.137. The molecule has 1 aromatic carbocycles. The van der Waals surface area contributed by atoms with Crippen molar-refractivity contribution in [2.75, 3.05) is 0 Å². The Labute approximate surface area is 91.1 Å². The van der Waals surface area contributed by atoms with Crippen molar-refractivity contribution in [1.29, 1.82) is 0 Å². The van der Waals surface area contributed by atoms with Gasteiger partial charge in [0.25, 0.3) is 0 Å². The molecule has 0 amide bonds. The Morgan fingerprint density at radius 1 is 1.47 bits per heavy atom. The zero-order valence-electron chi connectivity index (χ0n) is 7.83. The minimum atomic E-state index is -0.919. The van der Waals surface area contributed by atoms with Gasteiger partial charge in [-0.25, -0.2) is 4.39 Å². The molecule has 15 heavy (non-hydrogen) atoms. The zero-order valence-corrected chi connectivity index (χ0v) is 8.59. The van der Waals surface area contributed by atoms with Gasteiger partial charge in [-0.1, -0.05) is 11.6 Å². The van der Waals surface area contributed by atoms with E-state index in [1.807, 2.05) is 0 Å². The summed E-state index contributed by atoms with van der Waals surface area (Å²) in [6.07, 6.45) is 0.603. The van der Waals surface area contributed by atoms with Crippen molar-refractivity contribution in [2.24, 2.45) is 0 Å². The number of aliphatic carboxylic acids is 1. The van der Waals surface area contributed by atoms with Crippen LogP contribution in [-0.2, 0) is 11.2 Å². The van der Waals surface area contributed by atoms with Crippen LogP contribution in [0.5, 0.6) is 5.75 Å². The van der Waals surface area contributed by atoms with Gasteiger partial charge in [0.1, 0.15) is 0 Å². The average Bonchev–Trinajstić information content (AvgIpc) is 2.12. The molecular formula is C10H10ClFO3. The first kappa shape index (κ1) is 11.8. The molecular weight excluding hydrogens is 223 g/mol. The van der Waals surface area contributed by atoms with Crippen LogP contribution in [0.4, 0.5) is 4.39 Å². The van der Waals surface area contributed by atoms with Gasteiger partial charge >= 0.3 is 5.97 Å². The molecule has 2 N–H and O–H groups in total. The van der Waals surface area contributed by atoms with Crippen molar-refractivity contribution in [1.82, 2.24) is 0 Å². The molecule has 0 aromatic heterocycles. The molecule has 0 unspecified atom stereocenters. The fraction of sp³-hybridized carbons (Fsp3) is 0.300. The van der Waals surface area contributed by atoms with Crippen LogP contribution < -0.4 is 0 Å². The Hall–Kier alpha value is -1.29. The number of phenolic OH excluding ortho intramolecular Hbond substituents is 1. The number of aromatic hydroxyl groups is 1. The topological polar surface area (TPSA) is 57.5 Å². The van der Waals surface area contributed by atoms with E-state index in [0.717, 1.165) is 6.07 Å². The molecule has 0 fully saturated rings. The highest BCUT2D eigenvalue weighted by molar-refractivity contribution is 6.30. The lowest BCUT2D eigenvalue weighted by Crippen LogP contribution is -1.96. The average molecular weight is 233 g/mol. The molecule has 0 aliphatic heterocycles. The molecule has 1 aromatic rings. The van der Waals surface area contributed by atoms with E-state index in [0.29, 0.717) is 12.0 Å². The van der Waals surface area contributed by atoms with Crippen molar-refractivity contribution in [2.45, 2.75) is 19.3 Å². The van der Waals surface area contributed by atoms with Crippen molar-refractivity contribution in [3.05, 3.63) is 28.5 Å². The summed E-state index contributed by atoms with van der Waals surface area (Å²) in [4.78, 5) is 10.2. The molecule has 0 saturated carbocycles. The third-order valence-electron chi connectivity index (χ3n) is 1.94. The largest absolute Gasteiger partial charge is 0.505 e. The number of hydrogen-bond donors (Lipinski definition) is 2. The van der Waals surface area contributed by atoms with E-state index in [2.05, 4.69) is 0 Å². The SMILES string of the molecule is O=C(O)CCCc1cc(Cl)cc(F)c1O. The van der Waals surface area contributed by atoms with E-state index in [9.17, 15) is 14.3 Å². The number of hydrogen-bond acceptors (Lipinski definition) is 2. The van der Waals surface area contributed by atoms with Gasteiger partial charge in [-0.15, -0.1) is 0 Å². The third-order valence-corrected chi connectivity index (χ3v) is 2.16. The van der Waals surface area contributed by atoms with Gasteiger partial charge in [0.05, 0.1) is 0 Å². The summed E-state index contributed by atoms with van der Waals surface area (Å²) in [6.45, 7) is 0. The quantitative estimate of drug-likeness (QED) is 0.839. The maximum absolute atomic E-state index is 13.0. The third kappa shape index (κ3) is 3.40. The molecule has 0 bridgehead atoms. The lowest BCUT2D eigenvalue weighted by Gasteiger charge is -2.05. The van der Waals surface area contributed by atoms with E-state index in [1.165, 1.54) is 6.07 Å². The van der Waals surface area contributed by atoms with E-state index in [1.54, 1.807) is 0 Å². The second-order valence-corrected chi connectivity index (χ2v) is 3.58. The first-order valence-corrected chi connectivity index (χ1v) is 4.77. The Balaban J connectivity index is 2.72. The van der Waals surface area contributed by atoms with E-state index < -0.39 is 17.5 Å². The van der Waals surface area contributed by atoms with Crippen LogP contribution in [0.15, 0.2) is 12.1 Å². The number of halogens is 2. The summed E-state index contributed by atoms with van der Waals surface area (Å²) in [7, 11) is 0. The van der Waals surface area contributed by atoms with Gasteiger partial charge in [0.2, 0.25) is 0 Å². The Morgan fingerprint density at radius 3 is 2.73 bits per heavy atom. The molecule has 5 heteroatoms. The molecule has 0 spiro atoms. The Bertz CT molecular complexity index is 379. The normalized spacial score (nSPS) is 10.3. The fourth-order valence-electron chi connectivity index (χ4n) is 1.24. The number of phenols is 1. The van der Waals surface area contributed by atoms with Crippen molar-refractivity contribution < 1.29 is 19.4 Å². The highest BCUT2D eigenvalue weighted by Crippen LogP contribution is 2.26. The summed E-state index contributed by atoms with van der Waals surface area (Å²) < 4.78 is 13.0. The number of benzene rings is 1. The summed E-state index contributed by atoms with van der Waals surface area (Å²) in [5.74, 6) is -2.16. The molecule has 1 rings (SSSR count). The van der Waals surface area contributed by atoms with Gasteiger partial charge in [0.15, 0.2) is 11.6 Å². The smallest absolute Gasteiger partial charge is 0.303 e. The van der Waals surface area contributed by atoms with Crippen LogP contribution in [0, 0.1) is 5.82 Å². The summed E-state index contributed by atoms with van der Waals surface area (Å²) in [6, 6.07) is 2.44. The number of aryl methyl sites for hydroxylation is 1. The molecule has 0 heterocycles. The first-order chi connectivity index (χ1) is 7.00. The van der Waals surface area contributed by atoms with Crippen LogP contribution in [0.1, 0.15) is 18.4 Å².